The minimum atomic E-state index is -0.134. The van der Waals surface area contributed by atoms with Gasteiger partial charge in [-0.25, -0.2) is 0 Å². The standard InChI is InChI=1S/C20H25NO4/c1-13-10-18(24-4)19(25-5)12-17(13)14(2)21-20(22)11-15-6-8-16(23-3)9-7-15/h6-10,12,14H,11H2,1-5H3,(H,21,22). The van der Waals surface area contributed by atoms with Crippen molar-refractivity contribution in [3.8, 4) is 17.2 Å². The molecule has 0 saturated carbocycles. The fourth-order valence-corrected chi connectivity index (χ4v) is 2.76. The summed E-state index contributed by atoms with van der Waals surface area (Å²) in [4.78, 5) is 12.3. The fourth-order valence-electron chi connectivity index (χ4n) is 2.76. The van der Waals surface area contributed by atoms with Gasteiger partial charge in [-0.3, -0.25) is 4.79 Å². The summed E-state index contributed by atoms with van der Waals surface area (Å²) in [5.41, 5.74) is 2.98. The van der Waals surface area contributed by atoms with E-state index in [-0.39, 0.29) is 11.9 Å². The second-order valence-electron chi connectivity index (χ2n) is 5.88. The lowest BCUT2D eigenvalue weighted by Crippen LogP contribution is -2.28. The summed E-state index contributed by atoms with van der Waals surface area (Å²) in [6.07, 6.45) is 0.320. The lowest BCUT2D eigenvalue weighted by molar-refractivity contribution is -0.121. The monoisotopic (exact) mass is 343 g/mol. The van der Waals surface area contributed by atoms with Crippen LogP contribution in [0.4, 0.5) is 0 Å². The second kappa shape index (κ2) is 8.42. The Morgan fingerprint density at radius 2 is 1.60 bits per heavy atom. The number of carbonyl (C=O) groups excluding carboxylic acids is 1. The normalized spacial score (nSPS) is 11.6. The molecule has 1 unspecified atom stereocenters. The molecular weight excluding hydrogens is 318 g/mol. The van der Waals surface area contributed by atoms with Crippen LogP contribution in [-0.4, -0.2) is 27.2 Å². The zero-order chi connectivity index (χ0) is 18.4. The second-order valence-corrected chi connectivity index (χ2v) is 5.88. The summed E-state index contributed by atoms with van der Waals surface area (Å²) in [6.45, 7) is 3.95. The summed E-state index contributed by atoms with van der Waals surface area (Å²) in [5.74, 6) is 2.07. The molecule has 5 nitrogen and oxygen atoms in total. The molecule has 1 N–H and O–H groups in total. The number of benzene rings is 2. The molecule has 25 heavy (non-hydrogen) atoms. The van der Waals surface area contributed by atoms with Crippen LogP contribution >= 0.6 is 0 Å². The third-order valence-corrected chi connectivity index (χ3v) is 4.14. The van der Waals surface area contributed by atoms with E-state index in [4.69, 9.17) is 14.2 Å². The Morgan fingerprint density at radius 3 is 2.16 bits per heavy atom. The molecule has 0 bridgehead atoms. The number of carbonyl (C=O) groups is 1. The van der Waals surface area contributed by atoms with E-state index in [1.807, 2.05) is 50.2 Å². The Bertz CT molecular complexity index is 725. The Morgan fingerprint density at radius 1 is 1.00 bits per heavy atom. The van der Waals surface area contributed by atoms with Gasteiger partial charge in [0.2, 0.25) is 5.91 Å². The maximum absolute atomic E-state index is 12.3. The van der Waals surface area contributed by atoms with Gasteiger partial charge in [-0.15, -0.1) is 0 Å². The minimum absolute atomic E-state index is 0.0353. The number of nitrogens with one attached hydrogen (secondary N) is 1. The molecule has 2 aromatic carbocycles. The Balaban J connectivity index is 2.07. The molecule has 1 atom stereocenters. The summed E-state index contributed by atoms with van der Waals surface area (Å²) < 4.78 is 15.8. The first-order valence-corrected chi connectivity index (χ1v) is 8.13. The number of methoxy groups -OCH3 is 3. The van der Waals surface area contributed by atoms with Crippen LogP contribution in [0.25, 0.3) is 0 Å². The van der Waals surface area contributed by atoms with E-state index in [2.05, 4.69) is 5.32 Å². The number of rotatable bonds is 7. The highest BCUT2D eigenvalue weighted by atomic mass is 16.5. The highest BCUT2D eigenvalue weighted by Crippen LogP contribution is 2.32. The molecule has 134 valence electrons. The van der Waals surface area contributed by atoms with Crippen molar-refractivity contribution in [3.05, 3.63) is 53.1 Å². The molecule has 0 spiro atoms. The van der Waals surface area contributed by atoms with E-state index in [0.29, 0.717) is 17.9 Å². The topological polar surface area (TPSA) is 56.8 Å². The Kier molecular flexibility index (Phi) is 6.28. The quantitative estimate of drug-likeness (QED) is 0.837. The molecule has 0 saturated heterocycles. The van der Waals surface area contributed by atoms with Crippen LogP contribution in [0.2, 0.25) is 0 Å². The summed E-state index contributed by atoms with van der Waals surface area (Å²) in [7, 11) is 4.83. The molecule has 0 fully saturated rings. The van der Waals surface area contributed by atoms with Crippen LogP contribution in [0.3, 0.4) is 0 Å². The highest BCUT2D eigenvalue weighted by molar-refractivity contribution is 5.79. The van der Waals surface area contributed by atoms with Crippen molar-refractivity contribution >= 4 is 5.91 Å². The average Bonchev–Trinajstić information content (AvgIpc) is 2.61. The first-order chi connectivity index (χ1) is 12.0. The average molecular weight is 343 g/mol. The molecule has 0 radical (unpaired) electrons. The van der Waals surface area contributed by atoms with Crippen molar-refractivity contribution in [2.24, 2.45) is 0 Å². The van der Waals surface area contributed by atoms with Crippen molar-refractivity contribution < 1.29 is 19.0 Å². The van der Waals surface area contributed by atoms with Crippen molar-refractivity contribution in [3.63, 3.8) is 0 Å². The van der Waals surface area contributed by atoms with Gasteiger partial charge in [-0.1, -0.05) is 12.1 Å². The lowest BCUT2D eigenvalue weighted by atomic mass is 10.0. The molecule has 5 heteroatoms. The van der Waals surface area contributed by atoms with Gasteiger partial charge in [0.1, 0.15) is 5.75 Å². The molecule has 0 aliphatic carbocycles. The molecule has 2 rings (SSSR count). The van der Waals surface area contributed by atoms with E-state index >= 15 is 0 Å². The molecule has 1 amide bonds. The van der Waals surface area contributed by atoms with E-state index in [1.165, 1.54) is 0 Å². The van der Waals surface area contributed by atoms with Gasteiger partial charge in [0.05, 0.1) is 33.8 Å². The van der Waals surface area contributed by atoms with Crippen LogP contribution in [-0.2, 0) is 11.2 Å². The number of hydrogen-bond donors (Lipinski definition) is 1. The first kappa shape index (κ1) is 18.6. The molecular formula is C20H25NO4. The van der Waals surface area contributed by atoms with Gasteiger partial charge < -0.3 is 19.5 Å². The number of ether oxygens (including phenoxy) is 3. The maximum atomic E-state index is 12.3. The summed E-state index contributed by atoms with van der Waals surface area (Å²) >= 11 is 0. The SMILES string of the molecule is COc1ccc(CC(=O)NC(C)c2cc(OC)c(OC)cc2C)cc1. The summed E-state index contributed by atoms with van der Waals surface area (Å²) in [5, 5.41) is 3.04. The number of aryl methyl sites for hydroxylation is 1. The van der Waals surface area contributed by atoms with Crippen LogP contribution < -0.4 is 19.5 Å². The molecule has 0 aromatic heterocycles. The summed E-state index contributed by atoms with van der Waals surface area (Å²) in [6, 6.07) is 11.2. The zero-order valence-corrected chi connectivity index (χ0v) is 15.4. The van der Waals surface area contributed by atoms with Gasteiger partial charge in [0.15, 0.2) is 11.5 Å². The van der Waals surface area contributed by atoms with Gasteiger partial charge in [0, 0.05) is 0 Å². The third-order valence-electron chi connectivity index (χ3n) is 4.14. The molecule has 0 aliphatic rings. The van der Waals surface area contributed by atoms with Gasteiger partial charge >= 0.3 is 0 Å². The highest BCUT2D eigenvalue weighted by Gasteiger charge is 2.16. The first-order valence-electron chi connectivity index (χ1n) is 8.13. The predicted molar refractivity (Wildman–Crippen MR) is 97.5 cm³/mol. The van der Waals surface area contributed by atoms with Crippen LogP contribution in [0.5, 0.6) is 17.2 Å². The third kappa shape index (κ3) is 4.66. The van der Waals surface area contributed by atoms with Crippen molar-refractivity contribution in [1.82, 2.24) is 5.32 Å². The van der Waals surface area contributed by atoms with Gasteiger partial charge in [-0.2, -0.15) is 0 Å². The predicted octanol–water partition coefficient (Wildman–Crippen LogP) is 3.44. The van der Waals surface area contributed by atoms with Crippen molar-refractivity contribution in [2.75, 3.05) is 21.3 Å². The van der Waals surface area contributed by atoms with E-state index in [9.17, 15) is 4.79 Å². The zero-order valence-electron chi connectivity index (χ0n) is 15.4. The van der Waals surface area contributed by atoms with Crippen LogP contribution in [0.15, 0.2) is 36.4 Å². The number of amides is 1. The maximum Gasteiger partial charge on any atom is 0.224 e. The molecule has 0 aliphatic heterocycles. The van der Waals surface area contributed by atoms with E-state index in [1.54, 1.807) is 21.3 Å². The van der Waals surface area contributed by atoms with E-state index in [0.717, 1.165) is 22.4 Å². The molecule has 0 heterocycles. The smallest absolute Gasteiger partial charge is 0.224 e. The minimum Gasteiger partial charge on any atom is -0.497 e. The van der Waals surface area contributed by atoms with E-state index < -0.39 is 0 Å². The largest absolute Gasteiger partial charge is 0.497 e. The Labute approximate surface area is 148 Å². The van der Waals surface area contributed by atoms with Crippen molar-refractivity contribution in [1.29, 1.82) is 0 Å². The number of hydrogen-bond acceptors (Lipinski definition) is 4. The van der Waals surface area contributed by atoms with Crippen LogP contribution in [0, 0.1) is 6.92 Å². The van der Waals surface area contributed by atoms with Crippen molar-refractivity contribution in [2.45, 2.75) is 26.3 Å². The lowest BCUT2D eigenvalue weighted by Gasteiger charge is -2.19. The van der Waals surface area contributed by atoms with Gasteiger partial charge in [-0.05, 0) is 54.8 Å². The van der Waals surface area contributed by atoms with Crippen LogP contribution in [0.1, 0.15) is 29.7 Å². The molecule has 2 aromatic rings. The Hall–Kier alpha value is -2.69. The van der Waals surface area contributed by atoms with Gasteiger partial charge in [0.25, 0.3) is 0 Å². The fraction of sp³-hybridized carbons (Fsp3) is 0.350.